The van der Waals surface area contributed by atoms with Gasteiger partial charge in [0.25, 0.3) is 5.91 Å². The van der Waals surface area contributed by atoms with Crippen molar-refractivity contribution in [3.63, 3.8) is 0 Å². The summed E-state index contributed by atoms with van der Waals surface area (Å²) in [5.74, 6) is 0.210. The highest BCUT2D eigenvalue weighted by Crippen LogP contribution is 2.27. The molecule has 0 radical (unpaired) electrons. The summed E-state index contributed by atoms with van der Waals surface area (Å²) in [5, 5.41) is 7.35. The number of amides is 2. The zero-order valence-electron chi connectivity index (χ0n) is 21.4. The van der Waals surface area contributed by atoms with Gasteiger partial charge in [-0.05, 0) is 25.8 Å². The van der Waals surface area contributed by atoms with Crippen LogP contribution in [0.2, 0.25) is 0 Å². The Bertz CT molecular complexity index is 1480. The van der Waals surface area contributed by atoms with Crippen molar-refractivity contribution >= 4 is 29.6 Å². The fourth-order valence-corrected chi connectivity index (χ4v) is 4.30. The summed E-state index contributed by atoms with van der Waals surface area (Å²) < 4.78 is 1.63. The Kier molecular flexibility index (Phi) is 7.09. The number of pyridine rings is 1. The van der Waals surface area contributed by atoms with Crippen molar-refractivity contribution < 1.29 is 9.59 Å². The van der Waals surface area contributed by atoms with Crippen molar-refractivity contribution in [3.8, 4) is 22.4 Å². The number of aryl methyl sites for hydroxylation is 1. The third kappa shape index (κ3) is 5.23. The molecular formula is C27H29N9O2. The van der Waals surface area contributed by atoms with E-state index in [1.807, 2.05) is 61.7 Å². The van der Waals surface area contributed by atoms with Gasteiger partial charge in [-0.2, -0.15) is 9.61 Å². The van der Waals surface area contributed by atoms with Crippen LogP contribution in [0.15, 0.2) is 65.9 Å². The Balaban J connectivity index is 1.40. The fraction of sp³-hybridized carbons (Fsp3) is 0.259. The van der Waals surface area contributed by atoms with Crippen LogP contribution in [0.1, 0.15) is 26.0 Å². The minimum atomic E-state index is -0.625. The van der Waals surface area contributed by atoms with Crippen molar-refractivity contribution in [2.24, 2.45) is 4.99 Å². The largest absolute Gasteiger partial charge is 0.340 e. The third-order valence-electron chi connectivity index (χ3n) is 6.54. The summed E-state index contributed by atoms with van der Waals surface area (Å²) in [6.45, 7) is 3.45. The molecule has 3 aromatic heterocycles. The maximum atomic E-state index is 12.7. The van der Waals surface area contributed by atoms with Crippen LogP contribution in [0.4, 0.5) is 5.82 Å². The minimum absolute atomic E-state index is 0.0542. The van der Waals surface area contributed by atoms with Gasteiger partial charge in [-0.3, -0.25) is 14.6 Å². The van der Waals surface area contributed by atoms with E-state index in [0.29, 0.717) is 24.3 Å². The minimum Gasteiger partial charge on any atom is -0.340 e. The number of likely N-dealkylation sites (N-methyl/N-ethyl adjacent to an activating group) is 1. The molecule has 0 bridgehead atoms. The van der Waals surface area contributed by atoms with Crippen LogP contribution in [0, 0.1) is 0 Å². The molecule has 38 heavy (non-hydrogen) atoms. The number of rotatable bonds is 8. The topological polar surface area (TPSA) is 129 Å². The molecule has 1 aliphatic rings. The molecule has 194 valence electrons. The number of nitrogens with zero attached hydrogens (tertiary/aromatic N) is 6. The Labute approximate surface area is 220 Å². The summed E-state index contributed by atoms with van der Waals surface area (Å²) >= 11 is 0. The van der Waals surface area contributed by atoms with Crippen molar-refractivity contribution in [2.45, 2.75) is 38.9 Å². The SMILES string of the molecule is CC(=O)Nc1cc(CCC(C)N(C)C(=O)C2N=CNN2)nc2c(-c3ccc(-c4ccccc4)nc3)cnn12. The first-order valence-electron chi connectivity index (χ1n) is 12.4. The predicted octanol–water partition coefficient (Wildman–Crippen LogP) is 2.66. The van der Waals surface area contributed by atoms with Crippen LogP contribution in [-0.2, 0) is 16.0 Å². The number of fused-ring (bicyclic) bond motifs is 1. The van der Waals surface area contributed by atoms with Gasteiger partial charge in [0.1, 0.15) is 5.82 Å². The summed E-state index contributed by atoms with van der Waals surface area (Å²) in [4.78, 5) is 39.9. The maximum absolute atomic E-state index is 12.7. The van der Waals surface area contributed by atoms with E-state index < -0.39 is 6.17 Å². The van der Waals surface area contributed by atoms with Gasteiger partial charge >= 0.3 is 0 Å². The number of aromatic nitrogens is 4. The second-order valence-corrected chi connectivity index (χ2v) is 9.21. The van der Waals surface area contributed by atoms with Gasteiger partial charge in [0.2, 0.25) is 5.91 Å². The Morgan fingerprint density at radius 1 is 1.13 bits per heavy atom. The van der Waals surface area contributed by atoms with E-state index in [2.05, 4.69) is 31.2 Å². The van der Waals surface area contributed by atoms with Gasteiger partial charge in [-0.15, -0.1) is 0 Å². The van der Waals surface area contributed by atoms with E-state index in [0.717, 1.165) is 28.1 Å². The van der Waals surface area contributed by atoms with Crippen molar-refractivity contribution in [2.75, 3.05) is 12.4 Å². The zero-order valence-corrected chi connectivity index (χ0v) is 21.4. The molecule has 2 atom stereocenters. The Morgan fingerprint density at radius 3 is 2.63 bits per heavy atom. The van der Waals surface area contributed by atoms with Crippen LogP contribution in [0.3, 0.4) is 0 Å². The second kappa shape index (κ2) is 10.8. The maximum Gasteiger partial charge on any atom is 0.263 e. The molecule has 4 aromatic rings. The molecule has 1 aliphatic heterocycles. The molecule has 4 heterocycles. The number of aliphatic imine (C=N–C) groups is 1. The number of carbonyl (C=O) groups is 2. The predicted molar refractivity (Wildman–Crippen MR) is 145 cm³/mol. The number of anilines is 1. The van der Waals surface area contributed by atoms with Crippen molar-refractivity contribution in [1.29, 1.82) is 0 Å². The average Bonchev–Trinajstić information content (AvgIpc) is 3.62. The highest BCUT2D eigenvalue weighted by molar-refractivity contribution is 5.89. The molecule has 11 heteroatoms. The quantitative estimate of drug-likeness (QED) is 0.332. The lowest BCUT2D eigenvalue weighted by atomic mass is 10.1. The van der Waals surface area contributed by atoms with Gasteiger partial charge < -0.3 is 15.6 Å². The van der Waals surface area contributed by atoms with Gasteiger partial charge in [0.05, 0.1) is 18.2 Å². The lowest BCUT2D eigenvalue weighted by molar-refractivity contribution is -0.133. The van der Waals surface area contributed by atoms with Crippen LogP contribution in [0.25, 0.3) is 28.0 Å². The van der Waals surface area contributed by atoms with Gasteiger partial charge in [0.15, 0.2) is 11.8 Å². The smallest absolute Gasteiger partial charge is 0.263 e. The van der Waals surface area contributed by atoms with E-state index in [4.69, 9.17) is 4.98 Å². The molecular weight excluding hydrogens is 482 g/mol. The summed E-state index contributed by atoms with van der Waals surface area (Å²) in [5.41, 5.74) is 10.5. The highest BCUT2D eigenvalue weighted by atomic mass is 16.2. The summed E-state index contributed by atoms with van der Waals surface area (Å²) in [6, 6.07) is 15.7. The molecule has 0 aliphatic carbocycles. The number of hydrazine groups is 1. The molecule has 0 saturated heterocycles. The second-order valence-electron chi connectivity index (χ2n) is 9.21. The number of benzene rings is 1. The van der Waals surface area contributed by atoms with Crippen molar-refractivity contribution in [3.05, 3.63) is 66.6 Å². The fourth-order valence-electron chi connectivity index (χ4n) is 4.30. The Morgan fingerprint density at radius 2 is 1.95 bits per heavy atom. The molecule has 0 fully saturated rings. The molecule has 1 aromatic carbocycles. The first-order chi connectivity index (χ1) is 18.4. The standard InChI is InChI=1S/C27H29N9O2/c1-17(35(3)27(38)25-29-16-30-34-25)9-11-21-13-24(32-18(2)37)36-26(33-21)22(15-31-36)20-10-12-23(28-14-20)19-7-5-4-6-8-19/h4-8,10,12-17,25,34H,9,11H2,1-3H3,(H,29,30)(H,32,37). The first-order valence-corrected chi connectivity index (χ1v) is 12.4. The van der Waals surface area contributed by atoms with E-state index in [9.17, 15) is 9.59 Å². The molecule has 0 spiro atoms. The normalized spacial score (nSPS) is 15.3. The number of nitrogens with one attached hydrogen (secondary N) is 3. The Hall–Kier alpha value is -4.64. The van der Waals surface area contributed by atoms with E-state index >= 15 is 0 Å². The number of hydrogen-bond acceptors (Lipinski definition) is 8. The molecule has 2 unspecified atom stereocenters. The molecule has 2 amide bonds. The molecule has 3 N–H and O–H groups in total. The third-order valence-corrected chi connectivity index (χ3v) is 6.54. The zero-order chi connectivity index (χ0) is 26.6. The first kappa shape index (κ1) is 25.0. The van der Waals surface area contributed by atoms with Crippen LogP contribution >= 0.6 is 0 Å². The van der Waals surface area contributed by atoms with E-state index in [1.165, 1.54) is 13.3 Å². The molecule has 11 nitrogen and oxygen atoms in total. The number of carbonyl (C=O) groups excluding carboxylic acids is 2. The highest BCUT2D eigenvalue weighted by Gasteiger charge is 2.26. The number of hydrogen-bond donors (Lipinski definition) is 3. The summed E-state index contributed by atoms with van der Waals surface area (Å²) in [7, 11) is 1.77. The molecule has 0 saturated carbocycles. The van der Waals surface area contributed by atoms with Crippen LogP contribution in [-0.4, -0.2) is 61.9 Å². The van der Waals surface area contributed by atoms with Gasteiger partial charge in [-0.1, -0.05) is 36.4 Å². The van der Waals surface area contributed by atoms with Crippen molar-refractivity contribution in [1.82, 2.24) is 35.3 Å². The van der Waals surface area contributed by atoms with Gasteiger partial charge in [0, 0.05) is 54.7 Å². The molecule has 5 rings (SSSR count). The van der Waals surface area contributed by atoms with Crippen LogP contribution in [0.5, 0.6) is 0 Å². The van der Waals surface area contributed by atoms with Gasteiger partial charge in [-0.25, -0.2) is 15.4 Å². The monoisotopic (exact) mass is 511 g/mol. The van der Waals surface area contributed by atoms with E-state index in [1.54, 1.807) is 22.7 Å². The average molecular weight is 512 g/mol. The van der Waals surface area contributed by atoms with E-state index in [-0.39, 0.29) is 17.9 Å². The lowest BCUT2D eigenvalue weighted by Gasteiger charge is -2.26. The lowest BCUT2D eigenvalue weighted by Crippen LogP contribution is -2.47. The summed E-state index contributed by atoms with van der Waals surface area (Å²) in [6.07, 6.45) is 5.65. The van der Waals surface area contributed by atoms with Crippen LogP contribution < -0.4 is 16.2 Å².